The quantitative estimate of drug-likeness (QED) is 0.577. The van der Waals surface area contributed by atoms with Crippen LogP contribution in [0.15, 0.2) is 6.20 Å². The Bertz CT molecular complexity index is 630. The number of hydrogen-bond acceptors (Lipinski definition) is 6. The highest BCUT2D eigenvalue weighted by molar-refractivity contribution is 5.65. The van der Waals surface area contributed by atoms with Gasteiger partial charge in [-0.3, -0.25) is 4.68 Å². The van der Waals surface area contributed by atoms with Crippen molar-refractivity contribution >= 4 is 17.3 Å². The Balaban J connectivity index is 2.45. The van der Waals surface area contributed by atoms with Crippen LogP contribution in [-0.4, -0.2) is 19.7 Å². The summed E-state index contributed by atoms with van der Waals surface area (Å²) >= 11 is 0. The standard InChI is InChI=1S/C14H23N7/c1-6-10-11(7-21(5)20-10)16-13-9(4)14(19-15)18-12(17-13)8(2)3/h7-8H,6,15H2,1-5H3,(H2,16,17,18,19). The van der Waals surface area contributed by atoms with Crippen molar-refractivity contribution in [2.75, 3.05) is 10.7 Å². The first-order chi connectivity index (χ1) is 9.96. The van der Waals surface area contributed by atoms with E-state index in [0.717, 1.165) is 35.0 Å². The number of rotatable bonds is 5. The van der Waals surface area contributed by atoms with Gasteiger partial charge in [0.05, 0.1) is 11.4 Å². The molecule has 0 aromatic carbocycles. The minimum atomic E-state index is 0.220. The van der Waals surface area contributed by atoms with Gasteiger partial charge in [-0.1, -0.05) is 20.8 Å². The predicted molar refractivity (Wildman–Crippen MR) is 84.5 cm³/mol. The third-order valence-electron chi connectivity index (χ3n) is 3.31. The van der Waals surface area contributed by atoms with E-state index < -0.39 is 0 Å². The molecule has 7 nitrogen and oxygen atoms in total. The molecule has 7 heteroatoms. The van der Waals surface area contributed by atoms with Crippen molar-refractivity contribution in [3.63, 3.8) is 0 Å². The normalized spacial score (nSPS) is 11.0. The van der Waals surface area contributed by atoms with Gasteiger partial charge in [-0.15, -0.1) is 0 Å². The number of hydrogen-bond donors (Lipinski definition) is 3. The van der Waals surface area contributed by atoms with Crippen LogP contribution in [-0.2, 0) is 13.5 Å². The summed E-state index contributed by atoms with van der Waals surface area (Å²) in [5.41, 5.74) is 5.48. The summed E-state index contributed by atoms with van der Waals surface area (Å²) in [4.78, 5) is 9.04. The van der Waals surface area contributed by atoms with Crippen molar-refractivity contribution < 1.29 is 0 Å². The van der Waals surface area contributed by atoms with Crippen molar-refractivity contribution in [2.45, 2.75) is 40.0 Å². The van der Waals surface area contributed by atoms with E-state index in [9.17, 15) is 0 Å². The van der Waals surface area contributed by atoms with Gasteiger partial charge in [0, 0.05) is 24.7 Å². The predicted octanol–water partition coefficient (Wildman–Crippen LogP) is 2.23. The first-order valence-corrected chi connectivity index (χ1v) is 7.10. The van der Waals surface area contributed by atoms with E-state index in [4.69, 9.17) is 5.84 Å². The third-order valence-corrected chi connectivity index (χ3v) is 3.31. The van der Waals surface area contributed by atoms with Crippen LogP contribution >= 0.6 is 0 Å². The molecule has 2 heterocycles. The van der Waals surface area contributed by atoms with Crippen molar-refractivity contribution in [3.8, 4) is 0 Å². The third kappa shape index (κ3) is 3.13. The van der Waals surface area contributed by atoms with Crippen LogP contribution in [0.4, 0.5) is 17.3 Å². The van der Waals surface area contributed by atoms with E-state index in [-0.39, 0.29) is 5.92 Å². The summed E-state index contributed by atoms with van der Waals surface area (Å²) in [7, 11) is 1.91. The van der Waals surface area contributed by atoms with Gasteiger partial charge in [0.1, 0.15) is 17.5 Å². The number of hydrazine groups is 1. The molecule has 2 aromatic heterocycles. The number of aromatic nitrogens is 4. The fraction of sp³-hybridized carbons (Fsp3) is 0.500. The average Bonchev–Trinajstić information content (AvgIpc) is 2.80. The van der Waals surface area contributed by atoms with Crippen LogP contribution in [0.5, 0.6) is 0 Å². The Morgan fingerprint density at radius 2 is 1.95 bits per heavy atom. The summed E-state index contributed by atoms with van der Waals surface area (Å²) in [6, 6.07) is 0. The van der Waals surface area contributed by atoms with E-state index >= 15 is 0 Å². The molecule has 0 atom stereocenters. The van der Waals surface area contributed by atoms with Gasteiger partial charge in [0.25, 0.3) is 0 Å². The molecule has 2 rings (SSSR count). The second-order valence-electron chi connectivity index (χ2n) is 5.34. The van der Waals surface area contributed by atoms with Gasteiger partial charge >= 0.3 is 0 Å². The van der Waals surface area contributed by atoms with Crippen LogP contribution in [0.1, 0.15) is 43.8 Å². The fourth-order valence-electron chi connectivity index (χ4n) is 2.08. The Morgan fingerprint density at radius 3 is 2.52 bits per heavy atom. The van der Waals surface area contributed by atoms with E-state index in [1.54, 1.807) is 4.68 Å². The van der Waals surface area contributed by atoms with E-state index in [0.29, 0.717) is 5.82 Å². The highest BCUT2D eigenvalue weighted by atomic mass is 15.3. The molecule has 0 amide bonds. The molecule has 0 spiro atoms. The number of nitrogens with two attached hydrogens (primary N) is 1. The van der Waals surface area contributed by atoms with Crippen molar-refractivity contribution in [1.29, 1.82) is 0 Å². The number of aryl methyl sites for hydroxylation is 2. The van der Waals surface area contributed by atoms with Gasteiger partial charge in [0.15, 0.2) is 0 Å². The highest BCUT2D eigenvalue weighted by Gasteiger charge is 2.14. The van der Waals surface area contributed by atoms with Crippen molar-refractivity contribution in [3.05, 3.63) is 23.3 Å². The maximum absolute atomic E-state index is 5.56. The minimum absolute atomic E-state index is 0.220. The number of nitrogens with zero attached hydrogens (tertiary/aromatic N) is 4. The molecular weight excluding hydrogens is 266 g/mol. The highest BCUT2D eigenvalue weighted by Crippen LogP contribution is 2.26. The summed E-state index contributed by atoms with van der Waals surface area (Å²) in [6.07, 6.45) is 2.80. The Hall–Kier alpha value is -2.15. The molecule has 0 aliphatic heterocycles. The summed E-state index contributed by atoms with van der Waals surface area (Å²) < 4.78 is 1.79. The monoisotopic (exact) mass is 289 g/mol. The van der Waals surface area contributed by atoms with Crippen LogP contribution in [0.2, 0.25) is 0 Å². The molecule has 0 aliphatic rings. The molecule has 0 saturated heterocycles. The zero-order valence-electron chi connectivity index (χ0n) is 13.2. The van der Waals surface area contributed by atoms with E-state index in [1.165, 1.54) is 0 Å². The summed E-state index contributed by atoms with van der Waals surface area (Å²) in [5, 5.41) is 7.78. The lowest BCUT2D eigenvalue weighted by Crippen LogP contribution is -2.14. The maximum Gasteiger partial charge on any atom is 0.148 e. The lowest BCUT2D eigenvalue weighted by atomic mass is 10.2. The molecule has 0 unspecified atom stereocenters. The Kier molecular flexibility index (Phi) is 4.42. The van der Waals surface area contributed by atoms with Crippen LogP contribution in [0.3, 0.4) is 0 Å². The van der Waals surface area contributed by atoms with Crippen LogP contribution in [0.25, 0.3) is 0 Å². The topological polar surface area (TPSA) is 93.7 Å². The average molecular weight is 289 g/mol. The second-order valence-corrected chi connectivity index (χ2v) is 5.34. The molecule has 0 radical (unpaired) electrons. The van der Waals surface area contributed by atoms with Gasteiger partial charge < -0.3 is 10.7 Å². The van der Waals surface area contributed by atoms with Gasteiger partial charge in [-0.25, -0.2) is 15.8 Å². The van der Waals surface area contributed by atoms with E-state index in [1.807, 2.05) is 20.2 Å². The maximum atomic E-state index is 5.56. The minimum Gasteiger partial charge on any atom is -0.337 e. The lowest BCUT2D eigenvalue weighted by molar-refractivity contribution is 0.746. The molecule has 21 heavy (non-hydrogen) atoms. The molecular formula is C14H23N7. The first kappa shape index (κ1) is 15.2. The number of nitrogen functional groups attached to an aromatic ring is 1. The zero-order valence-corrected chi connectivity index (χ0v) is 13.2. The molecule has 4 N–H and O–H groups in total. The Morgan fingerprint density at radius 1 is 1.29 bits per heavy atom. The zero-order chi connectivity index (χ0) is 15.6. The number of nitrogens with one attached hydrogen (secondary N) is 2. The summed E-state index contributed by atoms with van der Waals surface area (Å²) in [5.74, 6) is 7.92. The SMILES string of the molecule is CCc1nn(C)cc1Nc1nc(C(C)C)nc(NN)c1C. The molecule has 0 aliphatic carbocycles. The largest absolute Gasteiger partial charge is 0.337 e. The number of anilines is 3. The first-order valence-electron chi connectivity index (χ1n) is 7.10. The summed E-state index contributed by atoms with van der Waals surface area (Å²) in [6.45, 7) is 8.11. The van der Waals surface area contributed by atoms with E-state index in [2.05, 4.69) is 46.6 Å². The smallest absolute Gasteiger partial charge is 0.148 e. The van der Waals surface area contributed by atoms with Gasteiger partial charge in [0.2, 0.25) is 0 Å². The van der Waals surface area contributed by atoms with Crippen LogP contribution < -0.4 is 16.6 Å². The molecule has 0 saturated carbocycles. The Labute approximate surface area is 124 Å². The fourth-order valence-corrected chi connectivity index (χ4v) is 2.08. The van der Waals surface area contributed by atoms with Crippen LogP contribution in [0, 0.1) is 6.92 Å². The molecule has 0 fully saturated rings. The van der Waals surface area contributed by atoms with Gasteiger partial charge in [-0.2, -0.15) is 5.10 Å². The van der Waals surface area contributed by atoms with Crippen molar-refractivity contribution in [1.82, 2.24) is 19.7 Å². The molecule has 2 aromatic rings. The van der Waals surface area contributed by atoms with Gasteiger partial charge in [-0.05, 0) is 13.3 Å². The molecule has 114 valence electrons. The lowest BCUT2D eigenvalue weighted by Gasteiger charge is -2.14. The second kappa shape index (κ2) is 6.09. The van der Waals surface area contributed by atoms with Crippen molar-refractivity contribution in [2.24, 2.45) is 12.9 Å². The molecule has 0 bridgehead atoms.